The number of nitrogens with zero attached hydrogens (tertiary/aromatic N) is 2. The second kappa shape index (κ2) is 6.18. The van der Waals surface area contributed by atoms with Gasteiger partial charge in [-0.2, -0.15) is 0 Å². The first kappa shape index (κ1) is 15.6. The van der Waals surface area contributed by atoms with Crippen LogP contribution in [0.5, 0.6) is 0 Å². The molecule has 126 valence electrons. The smallest absolute Gasteiger partial charge is 0.259 e. The Kier molecular flexibility index (Phi) is 3.85. The highest BCUT2D eigenvalue weighted by Gasteiger charge is 2.20. The van der Waals surface area contributed by atoms with Crippen LogP contribution in [-0.2, 0) is 6.54 Å². The van der Waals surface area contributed by atoms with Crippen molar-refractivity contribution in [3.8, 4) is 10.6 Å². The zero-order valence-corrected chi connectivity index (χ0v) is 14.5. The summed E-state index contributed by atoms with van der Waals surface area (Å²) in [6, 6.07) is 9.39. The van der Waals surface area contributed by atoms with Crippen LogP contribution in [0.25, 0.3) is 21.7 Å². The van der Waals surface area contributed by atoms with E-state index < -0.39 is 0 Å². The number of amides is 1. The van der Waals surface area contributed by atoms with E-state index in [1.165, 1.54) is 4.88 Å². The summed E-state index contributed by atoms with van der Waals surface area (Å²) in [7, 11) is 0. The number of nitrogens with one attached hydrogen (secondary N) is 1. The summed E-state index contributed by atoms with van der Waals surface area (Å²) in [4.78, 5) is 19.4. The van der Waals surface area contributed by atoms with Crippen LogP contribution >= 0.6 is 11.3 Å². The lowest BCUT2D eigenvalue weighted by Gasteiger charge is -2.06. The Morgan fingerprint density at radius 3 is 2.88 bits per heavy atom. The third-order valence-electron chi connectivity index (χ3n) is 3.86. The topological polar surface area (TPSA) is 81.2 Å². The van der Waals surface area contributed by atoms with Gasteiger partial charge in [0.2, 0.25) is 0 Å². The van der Waals surface area contributed by atoms with Gasteiger partial charge in [0.25, 0.3) is 11.6 Å². The van der Waals surface area contributed by atoms with Crippen LogP contribution in [0.4, 0.5) is 0 Å². The molecule has 1 N–H and O–H groups in total. The van der Waals surface area contributed by atoms with Crippen LogP contribution in [0, 0.1) is 13.8 Å². The van der Waals surface area contributed by atoms with Gasteiger partial charge in [-0.05, 0) is 44.2 Å². The van der Waals surface area contributed by atoms with Crippen LogP contribution in [0.15, 0.2) is 45.5 Å². The lowest BCUT2D eigenvalue weighted by atomic mass is 10.1. The van der Waals surface area contributed by atoms with Gasteiger partial charge in [-0.25, -0.2) is 4.98 Å². The quantitative estimate of drug-likeness (QED) is 0.597. The van der Waals surface area contributed by atoms with Crippen LogP contribution in [0.3, 0.4) is 0 Å². The van der Waals surface area contributed by atoms with E-state index in [1.54, 1.807) is 36.7 Å². The number of hydrogen-bond acceptors (Lipinski definition) is 6. The summed E-state index contributed by atoms with van der Waals surface area (Å²) >= 11 is 1.62. The number of thiophene rings is 1. The maximum atomic E-state index is 12.7. The second-order valence-corrected chi connectivity index (χ2v) is 6.96. The fourth-order valence-corrected chi connectivity index (χ4v) is 3.48. The molecule has 4 rings (SSSR count). The van der Waals surface area contributed by atoms with E-state index in [0.29, 0.717) is 40.4 Å². The summed E-state index contributed by atoms with van der Waals surface area (Å²) in [5.74, 6) is 0.472. The van der Waals surface area contributed by atoms with Gasteiger partial charge in [-0.3, -0.25) is 4.79 Å². The molecule has 4 aromatic rings. The molecule has 1 amide bonds. The molecule has 0 fully saturated rings. The van der Waals surface area contributed by atoms with Crippen molar-refractivity contribution in [3.05, 3.63) is 58.5 Å². The Labute approximate surface area is 147 Å². The lowest BCUT2D eigenvalue weighted by Crippen LogP contribution is -2.23. The van der Waals surface area contributed by atoms with E-state index in [9.17, 15) is 4.79 Å². The Hall–Kier alpha value is -2.93. The lowest BCUT2D eigenvalue weighted by molar-refractivity contribution is 0.0949. The van der Waals surface area contributed by atoms with Crippen LogP contribution < -0.4 is 5.32 Å². The second-order valence-electron chi connectivity index (χ2n) is 5.68. The maximum Gasteiger partial charge on any atom is 0.259 e. The minimum Gasteiger partial charge on any atom is -0.467 e. The first-order valence-electron chi connectivity index (χ1n) is 7.76. The molecule has 4 aromatic heterocycles. The van der Waals surface area contributed by atoms with Gasteiger partial charge in [-0.1, -0.05) is 5.16 Å². The van der Waals surface area contributed by atoms with Crippen molar-refractivity contribution in [3.63, 3.8) is 0 Å². The van der Waals surface area contributed by atoms with Crippen molar-refractivity contribution >= 4 is 28.3 Å². The number of aryl methyl sites for hydroxylation is 2. The molecule has 0 atom stereocenters. The fraction of sp³-hybridized carbons (Fsp3) is 0.167. The molecular formula is C18H15N3O3S. The first-order valence-corrected chi connectivity index (χ1v) is 8.58. The number of rotatable bonds is 4. The Morgan fingerprint density at radius 2 is 2.16 bits per heavy atom. The van der Waals surface area contributed by atoms with Crippen molar-refractivity contribution in [2.24, 2.45) is 0 Å². The number of fused-ring (bicyclic) bond motifs is 1. The molecule has 0 aromatic carbocycles. The number of furan rings is 1. The van der Waals surface area contributed by atoms with Crippen molar-refractivity contribution in [1.82, 2.24) is 15.5 Å². The van der Waals surface area contributed by atoms with E-state index in [0.717, 1.165) is 4.88 Å². The number of pyridine rings is 1. The average Bonchev–Trinajstić information content (AvgIpc) is 3.34. The highest BCUT2D eigenvalue weighted by atomic mass is 32.1. The molecule has 7 heteroatoms. The molecule has 4 heterocycles. The number of carbonyl (C=O) groups is 1. The minimum absolute atomic E-state index is 0.218. The molecule has 6 nitrogen and oxygen atoms in total. The molecule has 0 saturated heterocycles. The fourth-order valence-electron chi connectivity index (χ4n) is 2.65. The van der Waals surface area contributed by atoms with Gasteiger partial charge in [-0.15, -0.1) is 11.3 Å². The summed E-state index contributed by atoms with van der Waals surface area (Å²) < 4.78 is 10.6. The van der Waals surface area contributed by atoms with Gasteiger partial charge < -0.3 is 14.3 Å². The zero-order chi connectivity index (χ0) is 17.4. The zero-order valence-electron chi connectivity index (χ0n) is 13.7. The van der Waals surface area contributed by atoms with Crippen molar-refractivity contribution < 1.29 is 13.7 Å². The maximum absolute atomic E-state index is 12.7. The van der Waals surface area contributed by atoms with Gasteiger partial charge in [0.1, 0.15) is 5.76 Å². The largest absolute Gasteiger partial charge is 0.467 e. The molecule has 0 unspecified atom stereocenters. The Bertz CT molecular complexity index is 1050. The minimum atomic E-state index is -0.218. The van der Waals surface area contributed by atoms with Gasteiger partial charge in [0.05, 0.1) is 40.0 Å². The van der Waals surface area contributed by atoms with Crippen LogP contribution in [0.1, 0.15) is 26.7 Å². The molecule has 0 saturated carbocycles. The molecule has 0 radical (unpaired) electrons. The molecular weight excluding hydrogens is 338 g/mol. The van der Waals surface area contributed by atoms with Gasteiger partial charge in [0, 0.05) is 4.88 Å². The number of hydrogen-bond donors (Lipinski definition) is 1. The normalized spacial score (nSPS) is 11.1. The predicted octanol–water partition coefficient (Wildman–Crippen LogP) is 4.09. The SMILES string of the molecule is Cc1ccc(-c2cc(C(=O)NCc3ccco3)c3c(C)noc3n2)s1. The highest BCUT2D eigenvalue weighted by molar-refractivity contribution is 7.15. The molecule has 25 heavy (non-hydrogen) atoms. The predicted molar refractivity (Wildman–Crippen MR) is 94.5 cm³/mol. The van der Waals surface area contributed by atoms with E-state index >= 15 is 0 Å². The van der Waals surface area contributed by atoms with Gasteiger partial charge in [0.15, 0.2) is 0 Å². The number of aromatic nitrogens is 2. The molecule has 0 spiro atoms. The first-order chi connectivity index (χ1) is 12.1. The van der Waals surface area contributed by atoms with Crippen LogP contribution in [0.2, 0.25) is 0 Å². The molecule has 0 bridgehead atoms. The number of carbonyl (C=O) groups excluding carboxylic acids is 1. The Morgan fingerprint density at radius 1 is 1.28 bits per heavy atom. The van der Waals surface area contributed by atoms with E-state index in [2.05, 4.69) is 15.5 Å². The van der Waals surface area contributed by atoms with E-state index in [4.69, 9.17) is 8.94 Å². The molecule has 0 aliphatic carbocycles. The van der Waals surface area contributed by atoms with Crippen molar-refractivity contribution in [1.29, 1.82) is 0 Å². The van der Waals surface area contributed by atoms with Crippen molar-refractivity contribution in [2.75, 3.05) is 0 Å². The molecule has 0 aliphatic rings. The Balaban J connectivity index is 1.75. The third kappa shape index (κ3) is 2.94. The molecule has 0 aliphatic heterocycles. The van der Waals surface area contributed by atoms with Crippen molar-refractivity contribution in [2.45, 2.75) is 20.4 Å². The summed E-state index contributed by atoms with van der Waals surface area (Å²) in [5, 5.41) is 7.46. The van der Waals surface area contributed by atoms with E-state index in [-0.39, 0.29) is 5.91 Å². The van der Waals surface area contributed by atoms with Crippen LogP contribution in [-0.4, -0.2) is 16.0 Å². The summed E-state index contributed by atoms with van der Waals surface area (Å²) in [6.45, 7) is 4.14. The third-order valence-corrected chi connectivity index (χ3v) is 4.88. The van der Waals surface area contributed by atoms with Gasteiger partial charge >= 0.3 is 0 Å². The summed E-state index contributed by atoms with van der Waals surface area (Å²) in [5.41, 5.74) is 2.20. The standard InChI is InChI=1S/C18H15N3O3S/c1-10-5-6-15(25-10)14-8-13(16-11(2)21-24-18(16)20-14)17(22)19-9-12-4-3-7-23-12/h3-8H,9H2,1-2H3,(H,19,22). The average molecular weight is 353 g/mol. The highest BCUT2D eigenvalue weighted by Crippen LogP contribution is 2.31. The summed E-state index contributed by atoms with van der Waals surface area (Å²) in [6.07, 6.45) is 1.58. The monoisotopic (exact) mass is 353 g/mol. The van der Waals surface area contributed by atoms with E-state index in [1.807, 2.05) is 25.1 Å².